The van der Waals surface area contributed by atoms with Crippen LogP contribution in [0.15, 0.2) is 47.4 Å². The lowest BCUT2D eigenvalue weighted by Gasteiger charge is -2.28. The predicted octanol–water partition coefficient (Wildman–Crippen LogP) is 4.67. The minimum Gasteiger partial charge on any atom is -0.472 e. The van der Waals surface area contributed by atoms with E-state index in [1.807, 2.05) is 6.08 Å². The number of nitrogens with zero attached hydrogens (tertiary/aromatic N) is 3. The van der Waals surface area contributed by atoms with Gasteiger partial charge in [0, 0.05) is 23.9 Å². The lowest BCUT2D eigenvalue weighted by atomic mass is 10.1. The first-order valence-electron chi connectivity index (χ1n) is 8.54. The molecule has 1 amide bonds. The van der Waals surface area contributed by atoms with Crippen LogP contribution in [0.1, 0.15) is 22.5 Å². The Hall–Kier alpha value is -3.18. The van der Waals surface area contributed by atoms with Crippen molar-refractivity contribution in [3.63, 3.8) is 0 Å². The number of hydrogen-bond acceptors (Lipinski definition) is 3. The number of rotatable bonds is 2. The second-order valence-electron chi connectivity index (χ2n) is 6.44. The van der Waals surface area contributed by atoms with Crippen LogP contribution in [0.25, 0.3) is 16.8 Å². The summed E-state index contributed by atoms with van der Waals surface area (Å²) < 4.78 is 47.1. The summed E-state index contributed by atoms with van der Waals surface area (Å²) >= 11 is 6.31. The highest BCUT2D eigenvalue weighted by atomic mass is 35.5. The topological polar surface area (TPSA) is 50.8 Å². The van der Waals surface area contributed by atoms with Gasteiger partial charge in [0.15, 0.2) is 11.3 Å². The van der Waals surface area contributed by atoms with Gasteiger partial charge < -0.3 is 9.32 Å². The van der Waals surface area contributed by atoms with Gasteiger partial charge in [-0.05, 0) is 18.6 Å². The highest BCUT2D eigenvalue weighted by Crippen LogP contribution is 2.37. The van der Waals surface area contributed by atoms with E-state index >= 15 is 0 Å². The lowest BCUT2D eigenvalue weighted by Crippen LogP contribution is -2.41. The second-order valence-corrected chi connectivity index (χ2v) is 6.80. The van der Waals surface area contributed by atoms with Gasteiger partial charge in [0.25, 0.3) is 5.91 Å². The van der Waals surface area contributed by atoms with Crippen molar-refractivity contribution in [3.05, 3.63) is 59.4 Å². The standard InChI is InChI=1S/C20H13ClF3N3O2/c1-2-14-5-3-4-7-26(14)19(28)16-17(21)27-10-13(12-6-8-29-11-12)9-15(18(27)25-16)20(22,23)24/h1,3-4,6,8-11,14H,5,7H2. The lowest BCUT2D eigenvalue weighted by molar-refractivity contribution is -0.136. The van der Waals surface area contributed by atoms with Crippen LogP contribution in [-0.2, 0) is 6.18 Å². The third kappa shape index (κ3) is 3.28. The number of furan rings is 1. The average Bonchev–Trinajstić information content (AvgIpc) is 3.34. The minimum absolute atomic E-state index is 0.217. The van der Waals surface area contributed by atoms with Crippen LogP contribution in [0.2, 0.25) is 5.15 Å². The molecule has 1 aliphatic heterocycles. The van der Waals surface area contributed by atoms with Crippen LogP contribution in [0.4, 0.5) is 13.2 Å². The van der Waals surface area contributed by atoms with Crippen molar-refractivity contribution in [2.24, 2.45) is 0 Å². The van der Waals surface area contributed by atoms with E-state index in [4.69, 9.17) is 22.4 Å². The molecule has 1 atom stereocenters. The molecule has 0 fully saturated rings. The Morgan fingerprint density at radius 2 is 2.14 bits per heavy atom. The first kappa shape index (κ1) is 19.2. The maximum absolute atomic E-state index is 13.7. The van der Waals surface area contributed by atoms with Gasteiger partial charge in [0.05, 0.1) is 24.1 Å². The van der Waals surface area contributed by atoms with Crippen LogP contribution in [-0.4, -0.2) is 32.8 Å². The van der Waals surface area contributed by atoms with Gasteiger partial charge in [-0.1, -0.05) is 29.7 Å². The molecule has 0 aromatic carbocycles. The van der Waals surface area contributed by atoms with Gasteiger partial charge >= 0.3 is 6.18 Å². The Bertz CT molecular complexity index is 1160. The molecule has 148 valence electrons. The van der Waals surface area contributed by atoms with E-state index in [9.17, 15) is 18.0 Å². The monoisotopic (exact) mass is 419 g/mol. The molecular weight excluding hydrogens is 407 g/mol. The zero-order valence-electron chi connectivity index (χ0n) is 14.8. The summed E-state index contributed by atoms with van der Waals surface area (Å²) in [4.78, 5) is 18.3. The van der Waals surface area contributed by atoms with Gasteiger partial charge in [-0.25, -0.2) is 4.98 Å². The van der Waals surface area contributed by atoms with Gasteiger partial charge in [-0.3, -0.25) is 9.20 Å². The molecule has 4 heterocycles. The normalized spacial score (nSPS) is 16.9. The zero-order valence-corrected chi connectivity index (χ0v) is 15.5. The molecule has 3 aromatic heterocycles. The number of carbonyl (C=O) groups is 1. The third-order valence-corrected chi connectivity index (χ3v) is 5.04. The molecule has 0 radical (unpaired) electrons. The molecular formula is C20H13ClF3N3O2. The summed E-state index contributed by atoms with van der Waals surface area (Å²) in [6.45, 7) is 0.226. The summed E-state index contributed by atoms with van der Waals surface area (Å²) in [5.74, 6) is 1.89. The van der Waals surface area contributed by atoms with E-state index in [1.165, 1.54) is 29.7 Å². The molecule has 0 saturated heterocycles. The molecule has 0 saturated carbocycles. The number of hydrogen-bond donors (Lipinski definition) is 0. The maximum Gasteiger partial charge on any atom is 0.420 e. The summed E-state index contributed by atoms with van der Waals surface area (Å²) in [6.07, 6.45) is 8.88. The quantitative estimate of drug-likeness (QED) is 0.448. The third-order valence-electron chi connectivity index (χ3n) is 4.68. The Balaban J connectivity index is 1.89. The van der Waals surface area contributed by atoms with E-state index in [2.05, 4.69) is 10.9 Å². The molecule has 4 rings (SSSR count). The fourth-order valence-corrected chi connectivity index (χ4v) is 3.49. The number of aromatic nitrogens is 2. The molecule has 1 unspecified atom stereocenters. The molecule has 1 aliphatic rings. The van der Waals surface area contributed by atoms with Crippen LogP contribution < -0.4 is 0 Å². The van der Waals surface area contributed by atoms with Gasteiger partial charge in [-0.15, -0.1) is 6.42 Å². The van der Waals surface area contributed by atoms with Crippen molar-refractivity contribution < 1.29 is 22.4 Å². The number of terminal acetylenes is 1. The molecule has 29 heavy (non-hydrogen) atoms. The van der Waals surface area contributed by atoms with Crippen LogP contribution in [0.5, 0.6) is 0 Å². The van der Waals surface area contributed by atoms with Gasteiger partial charge in [-0.2, -0.15) is 13.2 Å². The minimum atomic E-state index is -4.70. The first-order valence-corrected chi connectivity index (χ1v) is 8.92. The zero-order chi connectivity index (χ0) is 20.8. The maximum atomic E-state index is 13.7. The van der Waals surface area contributed by atoms with Crippen LogP contribution in [0, 0.1) is 12.3 Å². The largest absolute Gasteiger partial charge is 0.472 e. The number of imidazole rings is 1. The number of halogens is 4. The Morgan fingerprint density at radius 1 is 1.34 bits per heavy atom. The van der Waals surface area contributed by atoms with Crippen molar-refractivity contribution in [3.8, 4) is 23.5 Å². The Labute approximate surface area is 168 Å². The van der Waals surface area contributed by atoms with Crippen molar-refractivity contribution in [1.29, 1.82) is 0 Å². The summed E-state index contributed by atoms with van der Waals surface area (Å²) in [5.41, 5.74) is -1.09. The Morgan fingerprint density at radius 3 is 2.79 bits per heavy atom. The number of alkyl halides is 3. The summed E-state index contributed by atoms with van der Waals surface area (Å²) in [6, 6.07) is 1.96. The number of fused-ring (bicyclic) bond motifs is 1. The molecule has 0 N–H and O–H groups in total. The molecule has 9 heteroatoms. The number of amides is 1. The van der Waals surface area contributed by atoms with Crippen molar-refractivity contribution in [1.82, 2.24) is 14.3 Å². The van der Waals surface area contributed by atoms with Gasteiger partial charge in [0.2, 0.25) is 0 Å². The fourth-order valence-electron chi connectivity index (χ4n) is 3.23. The van der Waals surface area contributed by atoms with E-state index in [-0.39, 0.29) is 23.0 Å². The van der Waals surface area contributed by atoms with Crippen molar-refractivity contribution in [2.75, 3.05) is 6.54 Å². The summed E-state index contributed by atoms with van der Waals surface area (Å²) in [7, 11) is 0. The predicted molar refractivity (Wildman–Crippen MR) is 100 cm³/mol. The molecule has 0 aliphatic carbocycles. The van der Waals surface area contributed by atoms with Crippen LogP contribution in [0.3, 0.4) is 0 Å². The highest BCUT2D eigenvalue weighted by Gasteiger charge is 2.37. The van der Waals surface area contributed by atoms with Crippen molar-refractivity contribution in [2.45, 2.75) is 18.6 Å². The fraction of sp³-hybridized carbons (Fsp3) is 0.200. The molecule has 5 nitrogen and oxygen atoms in total. The van der Waals surface area contributed by atoms with Gasteiger partial charge in [0.1, 0.15) is 5.15 Å². The summed E-state index contributed by atoms with van der Waals surface area (Å²) in [5, 5.41) is -0.217. The first-order chi connectivity index (χ1) is 13.8. The number of pyridine rings is 1. The van der Waals surface area contributed by atoms with E-state index < -0.39 is 29.3 Å². The van der Waals surface area contributed by atoms with E-state index in [0.717, 1.165) is 10.5 Å². The number of carbonyl (C=O) groups excluding carboxylic acids is 1. The molecule has 0 bridgehead atoms. The van der Waals surface area contributed by atoms with E-state index in [0.29, 0.717) is 12.0 Å². The Kier molecular flexibility index (Phi) is 4.63. The van der Waals surface area contributed by atoms with Crippen LogP contribution >= 0.6 is 11.6 Å². The van der Waals surface area contributed by atoms with E-state index in [1.54, 1.807) is 6.08 Å². The smallest absolute Gasteiger partial charge is 0.420 e. The molecule has 3 aromatic rings. The highest BCUT2D eigenvalue weighted by molar-refractivity contribution is 6.33. The van der Waals surface area contributed by atoms with Crippen molar-refractivity contribution >= 4 is 23.2 Å². The second kappa shape index (κ2) is 7.01. The molecule has 0 spiro atoms. The average molecular weight is 420 g/mol. The SMILES string of the molecule is C#CC1CC=CCN1C(=O)c1nc2c(C(F)(F)F)cc(-c3ccoc3)cn2c1Cl.